The topological polar surface area (TPSA) is 60.8 Å². The molecule has 1 aliphatic rings. The van der Waals surface area contributed by atoms with Crippen molar-refractivity contribution in [1.82, 2.24) is 4.90 Å². The molecule has 2 atom stereocenters. The summed E-state index contributed by atoms with van der Waals surface area (Å²) in [7, 11) is 1.92. The van der Waals surface area contributed by atoms with Gasteiger partial charge in [-0.15, -0.1) is 0 Å². The van der Waals surface area contributed by atoms with E-state index >= 15 is 0 Å². The van der Waals surface area contributed by atoms with E-state index in [1.165, 1.54) is 0 Å². The first kappa shape index (κ1) is 12.5. The minimum absolute atomic E-state index is 0.0426. The Hall–Kier alpha value is -0.610. The van der Waals surface area contributed by atoms with Crippen molar-refractivity contribution in [2.45, 2.75) is 32.3 Å². The molecule has 0 spiro atoms. The van der Waals surface area contributed by atoms with E-state index in [0.29, 0.717) is 13.0 Å². The lowest BCUT2D eigenvalue weighted by atomic mass is 9.75. The second-order valence-electron chi connectivity index (χ2n) is 5.00. The van der Waals surface area contributed by atoms with Crippen LogP contribution in [0, 0.1) is 11.8 Å². The normalized spacial score (nSPS) is 30.5. The van der Waals surface area contributed by atoms with Gasteiger partial charge >= 0.3 is 5.97 Å². The maximum Gasteiger partial charge on any atom is 0.309 e. The smallest absolute Gasteiger partial charge is 0.309 e. The summed E-state index contributed by atoms with van der Waals surface area (Å²) in [6.45, 7) is 5.10. The number of aliphatic hydroxyl groups is 1. The molecule has 15 heavy (non-hydrogen) atoms. The molecule has 0 aliphatic carbocycles. The van der Waals surface area contributed by atoms with Crippen LogP contribution in [0.1, 0.15) is 26.7 Å². The summed E-state index contributed by atoms with van der Waals surface area (Å²) in [5.41, 5.74) is -1.06. The first-order valence-corrected chi connectivity index (χ1v) is 5.50. The largest absolute Gasteiger partial charge is 0.481 e. The van der Waals surface area contributed by atoms with Gasteiger partial charge < -0.3 is 15.1 Å². The van der Waals surface area contributed by atoms with Crippen molar-refractivity contribution >= 4 is 5.97 Å². The number of likely N-dealkylation sites (tertiary alicyclic amines) is 1. The molecule has 0 saturated carbocycles. The highest BCUT2D eigenvalue weighted by Gasteiger charge is 2.45. The Labute approximate surface area is 90.9 Å². The van der Waals surface area contributed by atoms with Crippen molar-refractivity contribution in [2.75, 3.05) is 20.1 Å². The Bertz CT molecular complexity index is 242. The molecule has 0 aromatic rings. The summed E-state index contributed by atoms with van der Waals surface area (Å²) >= 11 is 0. The average molecular weight is 215 g/mol. The van der Waals surface area contributed by atoms with Crippen LogP contribution in [-0.4, -0.2) is 46.8 Å². The third kappa shape index (κ3) is 2.69. The Morgan fingerprint density at radius 3 is 2.47 bits per heavy atom. The first-order valence-electron chi connectivity index (χ1n) is 5.50. The van der Waals surface area contributed by atoms with E-state index in [1.54, 1.807) is 0 Å². The molecule has 0 radical (unpaired) electrons. The second kappa shape index (κ2) is 4.49. The van der Waals surface area contributed by atoms with Crippen molar-refractivity contribution in [2.24, 2.45) is 11.8 Å². The summed E-state index contributed by atoms with van der Waals surface area (Å²) in [6, 6.07) is 0. The molecule has 88 valence electrons. The molecule has 4 heteroatoms. The maximum absolute atomic E-state index is 11.2. The molecule has 2 unspecified atom stereocenters. The van der Waals surface area contributed by atoms with Gasteiger partial charge in [0.25, 0.3) is 0 Å². The van der Waals surface area contributed by atoms with E-state index in [0.717, 1.165) is 13.0 Å². The SMILES string of the molecule is CC(C)C(C(=O)O)C1(O)CCCN(C)C1. The Balaban J connectivity index is 2.84. The molecule has 0 aromatic carbocycles. The number of likely N-dealkylation sites (N-methyl/N-ethyl adjacent to an activating group) is 1. The molecule has 1 heterocycles. The minimum atomic E-state index is -1.06. The fraction of sp³-hybridized carbons (Fsp3) is 0.909. The van der Waals surface area contributed by atoms with E-state index < -0.39 is 17.5 Å². The van der Waals surface area contributed by atoms with E-state index in [4.69, 9.17) is 5.11 Å². The summed E-state index contributed by atoms with van der Waals surface area (Å²) in [6.07, 6.45) is 1.45. The van der Waals surface area contributed by atoms with Crippen LogP contribution < -0.4 is 0 Å². The van der Waals surface area contributed by atoms with Gasteiger partial charge in [0.15, 0.2) is 0 Å². The van der Waals surface area contributed by atoms with Crippen molar-refractivity contribution < 1.29 is 15.0 Å². The summed E-state index contributed by atoms with van der Waals surface area (Å²) in [5.74, 6) is -1.60. The highest BCUT2D eigenvalue weighted by atomic mass is 16.4. The third-order valence-corrected chi connectivity index (χ3v) is 3.20. The van der Waals surface area contributed by atoms with Crippen molar-refractivity contribution in [3.8, 4) is 0 Å². The number of β-amino-alcohol motifs (C(OH)–C–C–N with tert-alkyl or cyclic N) is 1. The van der Waals surface area contributed by atoms with Gasteiger partial charge in [0, 0.05) is 6.54 Å². The fourth-order valence-corrected chi connectivity index (χ4v) is 2.67. The highest BCUT2D eigenvalue weighted by Crippen LogP contribution is 2.33. The number of piperidine rings is 1. The van der Waals surface area contributed by atoms with E-state index in [-0.39, 0.29) is 5.92 Å². The van der Waals surface area contributed by atoms with Gasteiger partial charge in [0.05, 0.1) is 11.5 Å². The monoisotopic (exact) mass is 215 g/mol. The summed E-state index contributed by atoms with van der Waals surface area (Å²) in [5, 5.41) is 19.6. The molecule has 0 amide bonds. The predicted molar refractivity (Wildman–Crippen MR) is 57.6 cm³/mol. The lowest BCUT2D eigenvalue weighted by Crippen LogP contribution is -2.55. The zero-order valence-corrected chi connectivity index (χ0v) is 9.73. The van der Waals surface area contributed by atoms with Gasteiger partial charge in [0.1, 0.15) is 0 Å². The number of nitrogens with zero attached hydrogens (tertiary/aromatic N) is 1. The van der Waals surface area contributed by atoms with E-state index in [1.807, 2.05) is 25.8 Å². The van der Waals surface area contributed by atoms with E-state index in [9.17, 15) is 9.90 Å². The van der Waals surface area contributed by atoms with Gasteiger partial charge in [-0.3, -0.25) is 4.79 Å². The van der Waals surface area contributed by atoms with Crippen LogP contribution >= 0.6 is 0 Å². The Morgan fingerprint density at radius 1 is 1.47 bits per heavy atom. The molecule has 1 rings (SSSR count). The highest BCUT2D eigenvalue weighted by molar-refractivity contribution is 5.72. The molecular weight excluding hydrogens is 194 g/mol. The number of carbonyl (C=O) groups is 1. The Kier molecular flexibility index (Phi) is 3.73. The van der Waals surface area contributed by atoms with Gasteiger partial charge in [-0.1, -0.05) is 13.8 Å². The first-order chi connectivity index (χ1) is 6.87. The van der Waals surface area contributed by atoms with Crippen molar-refractivity contribution in [1.29, 1.82) is 0 Å². The van der Waals surface area contributed by atoms with Crippen LogP contribution in [0.5, 0.6) is 0 Å². The van der Waals surface area contributed by atoms with Gasteiger partial charge in [0.2, 0.25) is 0 Å². The molecule has 0 aromatic heterocycles. The van der Waals surface area contributed by atoms with Crippen LogP contribution in [-0.2, 0) is 4.79 Å². The van der Waals surface area contributed by atoms with Crippen LogP contribution in [0.4, 0.5) is 0 Å². The second-order valence-corrected chi connectivity index (χ2v) is 5.00. The lowest BCUT2D eigenvalue weighted by Gasteiger charge is -2.42. The quantitative estimate of drug-likeness (QED) is 0.731. The lowest BCUT2D eigenvalue weighted by molar-refractivity contribution is -0.160. The summed E-state index contributed by atoms with van der Waals surface area (Å²) < 4.78 is 0. The van der Waals surface area contributed by atoms with Gasteiger partial charge in [-0.2, -0.15) is 0 Å². The number of rotatable bonds is 3. The molecule has 2 N–H and O–H groups in total. The van der Waals surface area contributed by atoms with Crippen LogP contribution in [0.15, 0.2) is 0 Å². The zero-order chi connectivity index (χ0) is 11.6. The van der Waals surface area contributed by atoms with Crippen LogP contribution in [0.3, 0.4) is 0 Å². The number of hydrogen-bond acceptors (Lipinski definition) is 3. The van der Waals surface area contributed by atoms with Crippen LogP contribution in [0.2, 0.25) is 0 Å². The number of hydrogen-bond donors (Lipinski definition) is 2. The van der Waals surface area contributed by atoms with Gasteiger partial charge in [-0.25, -0.2) is 0 Å². The molecular formula is C11H21NO3. The number of aliphatic carboxylic acids is 1. The number of carboxylic acids is 1. The zero-order valence-electron chi connectivity index (χ0n) is 9.73. The average Bonchev–Trinajstić information content (AvgIpc) is 1.99. The molecule has 4 nitrogen and oxygen atoms in total. The molecule has 1 fully saturated rings. The summed E-state index contributed by atoms with van der Waals surface area (Å²) in [4.78, 5) is 13.2. The predicted octanol–water partition coefficient (Wildman–Crippen LogP) is 0.800. The standard InChI is InChI=1S/C11H21NO3/c1-8(2)9(10(13)14)11(15)5-4-6-12(3)7-11/h8-9,15H,4-7H2,1-3H3,(H,13,14). The minimum Gasteiger partial charge on any atom is -0.481 e. The van der Waals surface area contributed by atoms with Crippen molar-refractivity contribution in [3.63, 3.8) is 0 Å². The van der Waals surface area contributed by atoms with Gasteiger partial charge in [-0.05, 0) is 32.4 Å². The maximum atomic E-state index is 11.2. The van der Waals surface area contributed by atoms with Crippen LogP contribution in [0.25, 0.3) is 0 Å². The number of carboxylic acid groups (broad SMARTS) is 1. The third-order valence-electron chi connectivity index (χ3n) is 3.20. The van der Waals surface area contributed by atoms with Crippen molar-refractivity contribution in [3.05, 3.63) is 0 Å². The fourth-order valence-electron chi connectivity index (χ4n) is 2.67. The van der Waals surface area contributed by atoms with E-state index in [2.05, 4.69) is 0 Å². The Morgan fingerprint density at radius 2 is 2.07 bits per heavy atom. The molecule has 1 aliphatic heterocycles. The molecule has 0 bridgehead atoms. The molecule has 1 saturated heterocycles.